The molecule has 16 heavy (non-hydrogen) atoms. The molecule has 0 radical (unpaired) electrons. The molecule has 2 nitrogen and oxygen atoms in total. The van der Waals surface area contributed by atoms with Gasteiger partial charge in [0, 0.05) is 31.2 Å². The average Bonchev–Trinajstić information content (AvgIpc) is 2.29. The highest BCUT2D eigenvalue weighted by Crippen LogP contribution is 2.23. The van der Waals surface area contributed by atoms with Crippen LogP contribution >= 0.6 is 0 Å². The van der Waals surface area contributed by atoms with Gasteiger partial charge in [-0.3, -0.25) is 4.90 Å². The Kier molecular flexibility index (Phi) is 5.00. The van der Waals surface area contributed by atoms with Crippen molar-refractivity contribution in [2.24, 2.45) is 5.92 Å². The minimum atomic E-state index is 0.285. The fraction of sp³-hybridized carbons (Fsp3) is 0.857. The fourth-order valence-electron chi connectivity index (χ4n) is 2.54. The highest BCUT2D eigenvalue weighted by atomic mass is 15.2. The quantitative estimate of drug-likeness (QED) is 0.722. The van der Waals surface area contributed by atoms with Crippen molar-refractivity contribution in [2.75, 3.05) is 19.6 Å². The van der Waals surface area contributed by atoms with Crippen LogP contribution in [-0.4, -0.2) is 36.1 Å². The van der Waals surface area contributed by atoms with Gasteiger partial charge in [-0.25, -0.2) is 0 Å². The molecule has 3 unspecified atom stereocenters. The summed E-state index contributed by atoms with van der Waals surface area (Å²) in [4.78, 5) is 2.60. The molecule has 94 valence electrons. The summed E-state index contributed by atoms with van der Waals surface area (Å²) in [6, 6.07) is 0.669. The standard InChI is InChI=1S/C14H28N2/c1-6-9-16-11-14(5,8-3)15-10-13(16)12(4)7-2/h6,12-13,15H,1,7-11H2,2-5H3. The van der Waals surface area contributed by atoms with Crippen molar-refractivity contribution in [2.45, 2.75) is 52.1 Å². The van der Waals surface area contributed by atoms with Crippen molar-refractivity contribution < 1.29 is 0 Å². The lowest BCUT2D eigenvalue weighted by Crippen LogP contribution is -2.64. The van der Waals surface area contributed by atoms with Gasteiger partial charge in [0.2, 0.25) is 0 Å². The van der Waals surface area contributed by atoms with Gasteiger partial charge in [0.05, 0.1) is 0 Å². The molecule has 0 aromatic heterocycles. The first kappa shape index (κ1) is 13.7. The zero-order valence-electron chi connectivity index (χ0n) is 11.4. The third-order valence-corrected chi connectivity index (χ3v) is 4.20. The van der Waals surface area contributed by atoms with Crippen LogP contribution in [0.5, 0.6) is 0 Å². The monoisotopic (exact) mass is 224 g/mol. The number of hydrogen-bond acceptors (Lipinski definition) is 2. The van der Waals surface area contributed by atoms with Crippen LogP contribution in [-0.2, 0) is 0 Å². The summed E-state index contributed by atoms with van der Waals surface area (Å²) < 4.78 is 0. The van der Waals surface area contributed by atoms with Crippen molar-refractivity contribution in [1.29, 1.82) is 0 Å². The Hall–Kier alpha value is -0.340. The zero-order chi connectivity index (χ0) is 12.2. The molecule has 1 saturated heterocycles. The van der Waals surface area contributed by atoms with Crippen LogP contribution in [0, 0.1) is 5.92 Å². The largest absolute Gasteiger partial charge is 0.309 e. The third kappa shape index (κ3) is 3.08. The van der Waals surface area contributed by atoms with Crippen molar-refractivity contribution in [3.63, 3.8) is 0 Å². The molecule has 1 fully saturated rings. The Morgan fingerprint density at radius 3 is 2.75 bits per heavy atom. The molecule has 0 aliphatic carbocycles. The first-order chi connectivity index (χ1) is 7.56. The summed E-state index contributed by atoms with van der Waals surface area (Å²) in [7, 11) is 0. The second-order valence-electron chi connectivity index (χ2n) is 5.47. The molecule has 3 atom stereocenters. The molecule has 1 N–H and O–H groups in total. The van der Waals surface area contributed by atoms with E-state index in [9.17, 15) is 0 Å². The van der Waals surface area contributed by atoms with Gasteiger partial charge in [0.25, 0.3) is 0 Å². The highest BCUT2D eigenvalue weighted by Gasteiger charge is 2.35. The second kappa shape index (κ2) is 5.83. The third-order valence-electron chi connectivity index (χ3n) is 4.20. The Morgan fingerprint density at radius 1 is 1.56 bits per heavy atom. The van der Waals surface area contributed by atoms with E-state index < -0.39 is 0 Å². The van der Waals surface area contributed by atoms with E-state index in [0.29, 0.717) is 6.04 Å². The summed E-state index contributed by atoms with van der Waals surface area (Å²) in [5, 5.41) is 3.72. The van der Waals surface area contributed by atoms with Gasteiger partial charge in [-0.1, -0.05) is 33.3 Å². The van der Waals surface area contributed by atoms with Gasteiger partial charge in [-0.05, 0) is 19.3 Å². The average molecular weight is 224 g/mol. The van der Waals surface area contributed by atoms with E-state index in [1.165, 1.54) is 12.8 Å². The number of piperazine rings is 1. The predicted octanol–water partition coefficient (Wildman–Crippen LogP) is 2.66. The molecule has 0 saturated carbocycles. The Morgan fingerprint density at radius 2 is 2.25 bits per heavy atom. The van der Waals surface area contributed by atoms with Crippen LogP contribution in [0.4, 0.5) is 0 Å². The van der Waals surface area contributed by atoms with E-state index in [2.05, 4.69) is 44.5 Å². The highest BCUT2D eigenvalue weighted by molar-refractivity contribution is 4.97. The molecular formula is C14H28N2. The van der Waals surface area contributed by atoms with E-state index in [1.54, 1.807) is 0 Å². The fourth-order valence-corrected chi connectivity index (χ4v) is 2.54. The van der Waals surface area contributed by atoms with E-state index in [4.69, 9.17) is 0 Å². The number of nitrogens with one attached hydrogen (secondary N) is 1. The molecule has 0 spiro atoms. The number of hydrogen-bond donors (Lipinski definition) is 1. The van der Waals surface area contributed by atoms with E-state index >= 15 is 0 Å². The maximum absolute atomic E-state index is 3.89. The van der Waals surface area contributed by atoms with Crippen LogP contribution in [0.25, 0.3) is 0 Å². The van der Waals surface area contributed by atoms with Crippen LogP contribution in [0.1, 0.15) is 40.5 Å². The molecule has 0 aromatic carbocycles. The van der Waals surface area contributed by atoms with E-state index in [1.807, 2.05) is 6.08 Å². The lowest BCUT2D eigenvalue weighted by Gasteiger charge is -2.47. The van der Waals surface area contributed by atoms with Gasteiger partial charge in [-0.15, -0.1) is 6.58 Å². The molecule has 0 bridgehead atoms. The maximum atomic E-state index is 3.89. The zero-order valence-corrected chi connectivity index (χ0v) is 11.4. The summed E-state index contributed by atoms with van der Waals surface area (Å²) in [5.74, 6) is 0.758. The van der Waals surface area contributed by atoms with Crippen LogP contribution in [0.3, 0.4) is 0 Å². The molecular weight excluding hydrogens is 196 g/mol. The van der Waals surface area contributed by atoms with Gasteiger partial charge in [0.15, 0.2) is 0 Å². The second-order valence-corrected chi connectivity index (χ2v) is 5.47. The smallest absolute Gasteiger partial charge is 0.0278 e. The first-order valence-corrected chi connectivity index (χ1v) is 6.66. The summed E-state index contributed by atoms with van der Waals surface area (Å²) in [6.45, 7) is 16.4. The molecule has 1 aliphatic heterocycles. The van der Waals surface area contributed by atoms with E-state index in [-0.39, 0.29) is 5.54 Å². The molecule has 1 heterocycles. The molecule has 2 heteroatoms. The van der Waals surface area contributed by atoms with Gasteiger partial charge >= 0.3 is 0 Å². The maximum Gasteiger partial charge on any atom is 0.0278 e. The van der Waals surface area contributed by atoms with Crippen LogP contribution in [0.2, 0.25) is 0 Å². The predicted molar refractivity (Wildman–Crippen MR) is 71.7 cm³/mol. The summed E-state index contributed by atoms with van der Waals surface area (Å²) in [5.41, 5.74) is 0.285. The first-order valence-electron chi connectivity index (χ1n) is 6.66. The Bertz CT molecular complexity index is 227. The van der Waals surface area contributed by atoms with Crippen molar-refractivity contribution >= 4 is 0 Å². The SMILES string of the molecule is C=CCN1CC(C)(CC)NCC1C(C)CC. The normalized spacial score (nSPS) is 33.6. The van der Waals surface area contributed by atoms with Gasteiger partial charge < -0.3 is 5.32 Å². The number of nitrogens with zero attached hydrogens (tertiary/aromatic N) is 1. The topological polar surface area (TPSA) is 15.3 Å². The Labute approximate surface area is 101 Å². The van der Waals surface area contributed by atoms with Crippen molar-refractivity contribution in [1.82, 2.24) is 10.2 Å². The minimum Gasteiger partial charge on any atom is -0.309 e. The molecule has 0 aromatic rings. The lowest BCUT2D eigenvalue weighted by molar-refractivity contribution is 0.0652. The molecule has 0 amide bonds. The lowest BCUT2D eigenvalue weighted by atomic mass is 9.88. The van der Waals surface area contributed by atoms with E-state index in [0.717, 1.165) is 25.6 Å². The molecule has 1 rings (SSSR count). The number of rotatable bonds is 5. The summed E-state index contributed by atoms with van der Waals surface area (Å²) in [6.07, 6.45) is 4.48. The van der Waals surface area contributed by atoms with Crippen molar-refractivity contribution in [3.05, 3.63) is 12.7 Å². The Balaban J connectivity index is 2.70. The van der Waals surface area contributed by atoms with Gasteiger partial charge in [0.1, 0.15) is 0 Å². The van der Waals surface area contributed by atoms with Crippen LogP contribution in [0.15, 0.2) is 12.7 Å². The van der Waals surface area contributed by atoms with Crippen LogP contribution < -0.4 is 5.32 Å². The summed E-state index contributed by atoms with van der Waals surface area (Å²) >= 11 is 0. The minimum absolute atomic E-state index is 0.285. The molecule has 1 aliphatic rings. The van der Waals surface area contributed by atoms with Crippen molar-refractivity contribution in [3.8, 4) is 0 Å². The van der Waals surface area contributed by atoms with Gasteiger partial charge in [-0.2, -0.15) is 0 Å².